The van der Waals surface area contributed by atoms with Gasteiger partial charge in [0.1, 0.15) is 5.76 Å². The molecule has 23 heavy (non-hydrogen) atoms. The predicted octanol–water partition coefficient (Wildman–Crippen LogP) is 1.66. The Balaban J connectivity index is 2.75. The highest BCUT2D eigenvalue weighted by Gasteiger charge is 2.15. The van der Waals surface area contributed by atoms with E-state index in [-0.39, 0.29) is 11.9 Å². The smallest absolute Gasteiger partial charge is 0.310 e. The number of carbonyl (C=O) groups is 1. The van der Waals surface area contributed by atoms with Gasteiger partial charge < -0.3 is 19.9 Å². The van der Waals surface area contributed by atoms with Crippen LogP contribution in [-0.4, -0.2) is 37.3 Å². The van der Waals surface area contributed by atoms with Gasteiger partial charge in [-0.15, -0.1) is 0 Å². The van der Waals surface area contributed by atoms with E-state index in [1.54, 1.807) is 0 Å². The number of aryl methyl sites for hydroxylation is 2. The summed E-state index contributed by atoms with van der Waals surface area (Å²) in [6, 6.07) is 0. The van der Waals surface area contributed by atoms with Gasteiger partial charge in [-0.25, -0.2) is 4.99 Å². The van der Waals surface area contributed by atoms with Crippen molar-refractivity contribution in [2.75, 3.05) is 20.2 Å². The van der Waals surface area contributed by atoms with Crippen LogP contribution in [0.15, 0.2) is 9.52 Å². The van der Waals surface area contributed by atoms with Crippen molar-refractivity contribution in [3.63, 3.8) is 0 Å². The highest BCUT2D eigenvalue weighted by Crippen LogP contribution is 2.16. The average molecular weight is 324 g/mol. The van der Waals surface area contributed by atoms with E-state index < -0.39 is 0 Å². The van der Waals surface area contributed by atoms with Crippen LogP contribution in [0.3, 0.4) is 0 Å². The molecule has 1 aromatic heterocycles. The van der Waals surface area contributed by atoms with Gasteiger partial charge in [0, 0.05) is 25.1 Å². The molecule has 0 spiro atoms. The molecule has 1 heterocycles. The first-order valence-corrected chi connectivity index (χ1v) is 8.13. The van der Waals surface area contributed by atoms with Gasteiger partial charge in [-0.2, -0.15) is 0 Å². The van der Waals surface area contributed by atoms with E-state index in [4.69, 9.17) is 9.26 Å². The fourth-order valence-electron chi connectivity index (χ4n) is 2.15. The van der Waals surface area contributed by atoms with Gasteiger partial charge in [-0.05, 0) is 13.3 Å². The Hall–Kier alpha value is -2.05. The quantitative estimate of drug-likeness (QED) is 0.429. The lowest BCUT2D eigenvalue weighted by atomic mass is 10.1. The number of hydrogen-bond donors (Lipinski definition) is 2. The molecule has 0 saturated heterocycles. The van der Waals surface area contributed by atoms with Crippen LogP contribution in [-0.2, 0) is 28.9 Å². The summed E-state index contributed by atoms with van der Waals surface area (Å²) < 4.78 is 10.1. The number of methoxy groups -OCH3 is 1. The Morgan fingerprint density at radius 3 is 2.61 bits per heavy atom. The SMILES string of the molecule is CCNC(=NCc1c(CC)noc1CC)NCC(C)C(=O)OC. The molecule has 130 valence electrons. The lowest BCUT2D eigenvalue weighted by molar-refractivity contribution is -0.144. The molecule has 1 aromatic rings. The molecule has 1 unspecified atom stereocenters. The Bertz CT molecular complexity index is 504. The number of hydrogen-bond acceptors (Lipinski definition) is 5. The summed E-state index contributed by atoms with van der Waals surface area (Å²) >= 11 is 0. The van der Waals surface area contributed by atoms with Crippen molar-refractivity contribution in [1.29, 1.82) is 0 Å². The summed E-state index contributed by atoms with van der Waals surface area (Å²) in [6.45, 7) is 9.59. The number of aliphatic imine (C=N–C) groups is 1. The lowest BCUT2D eigenvalue weighted by Gasteiger charge is -2.14. The lowest BCUT2D eigenvalue weighted by Crippen LogP contribution is -2.40. The van der Waals surface area contributed by atoms with Gasteiger partial charge in [0.2, 0.25) is 0 Å². The van der Waals surface area contributed by atoms with Crippen molar-refractivity contribution < 1.29 is 14.1 Å². The second-order valence-electron chi connectivity index (χ2n) is 5.24. The van der Waals surface area contributed by atoms with Crippen LogP contribution in [0.25, 0.3) is 0 Å². The Kier molecular flexibility index (Phi) is 8.15. The number of rotatable bonds is 8. The van der Waals surface area contributed by atoms with Crippen LogP contribution in [0, 0.1) is 5.92 Å². The summed E-state index contributed by atoms with van der Waals surface area (Å²) in [5, 5.41) is 10.4. The maximum atomic E-state index is 11.5. The largest absolute Gasteiger partial charge is 0.469 e. The van der Waals surface area contributed by atoms with E-state index in [2.05, 4.69) is 20.8 Å². The zero-order chi connectivity index (χ0) is 17.2. The average Bonchev–Trinajstić information content (AvgIpc) is 2.98. The first kappa shape index (κ1) is 19.0. The Labute approximate surface area is 137 Å². The van der Waals surface area contributed by atoms with Crippen molar-refractivity contribution in [2.24, 2.45) is 10.9 Å². The van der Waals surface area contributed by atoms with Crippen LogP contribution >= 0.6 is 0 Å². The van der Waals surface area contributed by atoms with Crippen molar-refractivity contribution in [2.45, 2.75) is 47.1 Å². The third kappa shape index (κ3) is 5.58. The predicted molar refractivity (Wildman–Crippen MR) is 89.3 cm³/mol. The van der Waals surface area contributed by atoms with Gasteiger partial charge in [0.15, 0.2) is 5.96 Å². The Morgan fingerprint density at radius 1 is 1.30 bits per heavy atom. The highest BCUT2D eigenvalue weighted by atomic mass is 16.5. The van der Waals surface area contributed by atoms with Gasteiger partial charge in [-0.1, -0.05) is 25.9 Å². The minimum absolute atomic E-state index is 0.239. The number of esters is 1. The molecule has 0 aromatic carbocycles. The normalized spacial score (nSPS) is 12.8. The maximum Gasteiger partial charge on any atom is 0.310 e. The monoisotopic (exact) mass is 324 g/mol. The summed E-state index contributed by atoms with van der Waals surface area (Å²) in [5.74, 6) is 1.06. The number of nitrogens with one attached hydrogen (secondary N) is 2. The summed E-state index contributed by atoms with van der Waals surface area (Å²) in [7, 11) is 1.39. The van der Waals surface area contributed by atoms with E-state index in [1.165, 1.54) is 7.11 Å². The number of aromatic nitrogens is 1. The molecule has 1 atom stereocenters. The van der Waals surface area contributed by atoms with E-state index in [9.17, 15) is 4.79 Å². The number of nitrogens with zero attached hydrogens (tertiary/aromatic N) is 2. The van der Waals surface area contributed by atoms with Gasteiger partial charge in [0.05, 0.1) is 25.3 Å². The fourth-order valence-corrected chi connectivity index (χ4v) is 2.15. The van der Waals surface area contributed by atoms with E-state index in [1.807, 2.05) is 27.7 Å². The molecule has 0 bridgehead atoms. The van der Waals surface area contributed by atoms with Crippen molar-refractivity contribution in [3.05, 3.63) is 17.0 Å². The molecule has 0 aliphatic rings. The van der Waals surface area contributed by atoms with Crippen LogP contribution in [0.1, 0.15) is 44.7 Å². The zero-order valence-electron chi connectivity index (χ0n) is 14.7. The molecular weight excluding hydrogens is 296 g/mol. The molecular formula is C16H28N4O3. The van der Waals surface area contributed by atoms with Gasteiger partial charge >= 0.3 is 5.97 Å². The van der Waals surface area contributed by atoms with E-state index >= 15 is 0 Å². The fraction of sp³-hybridized carbons (Fsp3) is 0.688. The minimum atomic E-state index is -0.242. The molecule has 7 nitrogen and oxygen atoms in total. The van der Waals surface area contributed by atoms with Gasteiger partial charge in [-0.3, -0.25) is 4.79 Å². The maximum absolute atomic E-state index is 11.5. The van der Waals surface area contributed by atoms with Crippen molar-refractivity contribution >= 4 is 11.9 Å². The minimum Gasteiger partial charge on any atom is -0.469 e. The first-order chi connectivity index (χ1) is 11.1. The molecule has 0 aliphatic carbocycles. The highest BCUT2D eigenvalue weighted by molar-refractivity contribution is 5.80. The molecule has 0 fully saturated rings. The first-order valence-electron chi connectivity index (χ1n) is 8.13. The molecule has 2 N–H and O–H groups in total. The Morgan fingerprint density at radius 2 is 2.04 bits per heavy atom. The topological polar surface area (TPSA) is 88.8 Å². The van der Waals surface area contributed by atoms with Crippen molar-refractivity contribution in [3.8, 4) is 0 Å². The van der Waals surface area contributed by atoms with Crippen LogP contribution in [0.4, 0.5) is 0 Å². The zero-order valence-corrected chi connectivity index (χ0v) is 14.7. The molecule has 7 heteroatoms. The van der Waals surface area contributed by atoms with Crippen LogP contribution in [0.2, 0.25) is 0 Å². The van der Waals surface area contributed by atoms with Crippen molar-refractivity contribution in [1.82, 2.24) is 15.8 Å². The van der Waals surface area contributed by atoms with Crippen LogP contribution < -0.4 is 10.6 Å². The standard InChI is InChI=1S/C16H28N4O3/c1-6-13-12(14(7-2)23-20-13)10-19-16(17-8-3)18-9-11(4)15(21)22-5/h11H,6-10H2,1-5H3,(H2,17,18,19). The third-order valence-electron chi connectivity index (χ3n) is 3.53. The molecule has 0 amide bonds. The number of ether oxygens (including phenoxy) is 1. The second kappa shape index (κ2) is 9.86. The summed E-state index contributed by atoms with van der Waals surface area (Å²) in [5.41, 5.74) is 2.00. The number of carbonyl (C=O) groups excluding carboxylic acids is 1. The molecule has 1 rings (SSSR count). The van der Waals surface area contributed by atoms with Gasteiger partial charge in [0.25, 0.3) is 0 Å². The van der Waals surface area contributed by atoms with Crippen LogP contribution in [0.5, 0.6) is 0 Å². The number of guanidine groups is 1. The second-order valence-corrected chi connectivity index (χ2v) is 5.24. The molecule has 0 radical (unpaired) electrons. The molecule has 0 aliphatic heterocycles. The summed E-state index contributed by atoms with van der Waals surface area (Å²) in [4.78, 5) is 16.0. The van der Waals surface area contributed by atoms with E-state index in [0.717, 1.165) is 36.4 Å². The molecule has 0 saturated carbocycles. The third-order valence-corrected chi connectivity index (χ3v) is 3.53. The summed E-state index contributed by atoms with van der Waals surface area (Å²) in [6.07, 6.45) is 1.61. The van der Waals surface area contributed by atoms with E-state index in [0.29, 0.717) is 19.0 Å².